The van der Waals surface area contributed by atoms with Gasteiger partial charge in [0, 0.05) is 32.8 Å². The molecule has 2 heterocycles. The zero-order valence-electron chi connectivity index (χ0n) is 11.3. The minimum absolute atomic E-state index is 0. The Balaban J connectivity index is 0.00000133. The van der Waals surface area contributed by atoms with Crippen molar-refractivity contribution in [3.8, 4) is 0 Å². The van der Waals surface area contributed by atoms with Crippen LogP contribution in [0.4, 0.5) is 0 Å². The number of aliphatic carboxylic acids is 1. The summed E-state index contributed by atoms with van der Waals surface area (Å²) in [4.78, 5) is 14.0. The summed E-state index contributed by atoms with van der Waals surface area (Å²) >= 11 is 0. The van der Waals surface area contributed by atoms with Gasteiger partial charge < -0.3 is 14.7 Å². The average Bonchev–Trinajstić information content (AvgIpc) is 2.87. The molecule has 5 heteroatoms. The standard InChI is InChI=1S/C14H23NO3.ClH/c16-13(17)14-5-1-2-12(14)9-15(10-14)8-11-3-6-18-7-4-11;/h11-12H,1-10H2,(H,16,17);1H/t12-,14+;/m0./s1. The van der Waals surface area contributed by atoms with Crippen LogP contribution in [0.1, 0.15) is 32.1 Å². The molecule has 2 saturated heterocycles. The first kappa shape index (κ1) is 15.1. The van der Waals surface area contributed by atoms with Crippen LogP contribution in [0.25, 0.3) is 0 Å². The van der Waals surface area contributed by atoms with E-state index in [2.05, 4.69) is 4.90 Å². The molecule has 3 fully saturated rings. The molecule has 0 radical (unpaired) electrons. The van der Waals surface area contributed by atoms with Crippen molar-refractivity contribution >= 4 is 18.4 Å². The smallest absolute Gasteiger partial charge is 0.311 e. The van der Waals surface area contributed by atoms with E-state index in [1.165, 1.54) is 0 Å². The van der Waals surface area contributed by atoms with Gasteiger partial charge in [-0.2, -0.15) is 0 Å². The molecule has 4 nitrogen and oxygen atoms in total. The Hall–Kier alpha value is -0.320. The minimum Gasteiger partial charge on any atom is -0.481 e. The van der Waals surface area contributed by atoms with Crippen molar-refractivity contribution in [2.45, 2.75) is 32.1 Å². The van der Waals surface area contributed by atoms with Crippen LogP contribution in [0, 0.1) is 17.3 Å². The van der Waals surface area contributed by atoms with Crippen molar-refractivity contribution in [3.63, 3.8) is 0 Å². The van der Waals surface area contributed by atoms with E-state index in [4.69, 9.17) is 4.74 Å². The Morgan fingerprint density at radius 1 is 1.32 bits per heavy atom. The van der Waals surface area contributed by atoms with Gasteiger partial charge in [-0.15, -0.1) is 12.4 Å². The molecule has 1 saturated carbocycles. The van der Waals surface area contributed by atoms with Crippen LogP contribution < -0.4 is 0 Å². The van der Waals surface area contributed by atoms with Gasteiger partial charge in [0.05, 0.1) is 5.41 Å². The number of fused-ring (bicyclic) bond motifs is 1. The van der Waals surface area contributed by atoms with Crippen molar-refractivity contribution < 1.29 is 14.6 Å². The van der Waals surface area contributed by atoms with E-state index in [1.807, 2.05) is 0 Å². The van der Waals surface area contributed by atoms with Crippen LogP contribution in [-0.4, -0.2) is 48.8 Å². The quantitative estimate of drug-likeness (QED) is 0.864. The topological polar surface area (TPSA) is 49.8 Å². The molecule has 3 rings (SSSR count). The lowest BCUT2D eigenvalue weighted by Crippen LogP contribution is -2.37. The summed E-state index contributed by atoms with van der Waals surface area (Å²) in [5, 5.41) is 9.55. The monoisotopic (exact) mass is 289 g/mol. The summed E-state index contributed by atoms with van der Waals surface area (Å²) in [5.41, 5.74) is -0.412. The van der Waals surface area contributed by atoms with Crippen molar-refractivity contribution in [1.82, 2.24) is 4.90 Å². The second-order valence-corrected chi connectivity index (χ2v) is 6.30. The van der Waals surface area contributed by atoms with Crippen LogP contribution in [-0.2, 0) is 9.53 Å². The Morgan fingerprint density at radius 3 is 2.68 bits per heavy atom. The van der Waals surface area contributed by atoms with Gasteiger partial charge in [0.1, 0.15) is 0 Å². The second-order valence-electron chi connectivity index (χ2n) is 6.30. The lowest BCUT2D eigenvalue weighted by Gasteiger charge is -2.28. The summed E-state index contributed by atoms with van der Waals surface area (Å²) in [7, 11) is 0. The summed E-state index contributed by atoms with van der Waals surface area (Å²) in [5.74, 6) is 0.553. The number of carboxylic acid groups (broad SMARTS) is 1. The molecule has 2 aliphatic heterocycles. The normalized spacial score (nSPS) is 35.9. The molecule has 19 heavy (non-hydrogen) atoms. The third-order valence-electron chi connectivity index (χ3n) is 5.22. The average molecular weight is 290 g/mol. The number of ether oxygens (including phenoxy) is 1. The zero-order chi connectivity index (χ0) is 12.6. The Bertz CT molecular complexity index is 333. The molecule has 110 valence electrons. The van der Waals surface area contributed by atoms with E-state index >= 15 is 0 Å². The lowest BCUT2D eigenvalue weighted by atomic mass is 9.81. The molecular weight excluding hydrogens is 266 g/mol. The maximum absolute atomic E-state index is 11.6. The number of hydrogen-bond donors (Lipinski definition) is 1. The first-order valence-corrected chi connectivity index (χ1v) is 7.24. The highest BCUT2D eigenvalue weighted by Gasteiger charge is 2.54. The van der Waals surface area contributed by atoms with Gasteiger partial charge in [-0.3, -0.25) is 4.79 Å². The van der Waals surface area contributed by atoms with Gasteiger partial charge in [0.25, 0.3) is 0 Å². The highest BCUT2D eigenvalue weighted by Crippen LogP contribution is 2.49. The van der Waals surface area contributed by atoms with E-state index in [1.54, 1.807) is 0 Å². The van der Waals surface area contributed by atoms with Crippen molar-refractivity contribution in [3.05, 3.63) is 0 Å². The molecule has 1 aliphatic carbocycles. The third kappa shape index (κ3) is 2.76. The molecule has 0 aromatic carbocycles. The molecule has 0 aromatic heterocycles. The molecule has 0 unspecified atom stereocenters. The van der Waals surface area contributed by atoms with Gasteiger partial charge in [0.2, 0.25) is 0 Å². The molecule has 2 atom stereocenters. The fourth-order valence-electron chi connectivity index (χ4n) is 4.18. The SMILES string of the molecule is Cl.O=C(O)[C@@]12CCC[C@H]1CN(CC1CCOCC1)C2. The number of halogens is 1. The fourth-order valence-corrected chi connectivity index (χ4v) is 4.18. The fraction of sp³-hybridized carbons (Fsp3) is 0.929. The summed E-state index contributed by atoms with van der Waals surface area (Å²) < 4.78 is 5.38. The molecule has 0 spiro atoms. The zero-order valence-corrected chi connectivity index (χ0v) is 12.2. The second kappa shape index (κ2) is 5.98. The van der Waals surface area contributed by atoms with E-state index in [9.17, 15) is 9.90 Å². The largest absolute Gasteiger partial charge is 0.481 e. The van der Waals surface area contributed by atoms with Crippen molar-refractivity contribution in [1.29, 1.82) is 0 Å². The highest BCUT2D eigenvalue weighted by molar-refractivity contribution is 5.85. The number of rotatable bonds is 3. The van der Waals surface area contributed by atoms with Gasteiger partial charge in [-0.1, -0.05) is 6.42 Å². The van der Waals surface area contributed by atoms with E-state index in [0.717, 1.165) is 65.0 Å². The first-order valence-electron chi connectivity index (χ1n) is 7.24. The minimum atomic E-state index is -0.556. The highest BCUT2D eigenvalue weighted by atomic mass is 35.5. The van der Waals surface area contributed by atoms with E-state index in [-0.39, 0.29) is 12.4 Å². The molecule has 0 aromatic rings. The summed E-state index contributed by atoms with van der Waals surface area (Å²) in [6.07, 6.45) is 5.37. The van der Waals surface area contributed by atoms with Crippen LogP contribution >= 0.6 is 12.4 Å². The molecular formula is C14H24ClNO3. The molecule has 1 N–H and O–H groups in total. The van der Waals surface area contributed by atoms with Crippen molar-refractivity contribution in [2.75, 3.05) is 32.8 Å². The first-order chi connectivity index (χ1) is 8.71. The number of carboxylic acids is 1. The van der Waals surface area contributed by atoms with Crippen LogP contribution in [0.2, 0.25) is 0 Å². The Kier molecular flexibility index (Phi) is 4.75. The third-order valence-corrected chi connectivity index (χ3v) is 5.22. The molecule has 3 aliphatic rings. The van der Waals surface area contributed by atoms with Gasteiger partial charge in [-0.25, -0.2) is 0 Å². The van der Waals surface area contributed by atoms with Crippen molar-refractivity contribution in [2.24, 2.45) is 17.3 Å². The van der Waals surface area contributed by atoms with Crippen LogP contribution in [0.15, 0.2) is 0 Å². The summed E-state index contributed by atoms with van der Waals surface area (Å²) in [6.45, 7) is 4.63. The van der Waals surface area contributed by atoms with E-state index in [0.29, 0.717) is 11.8 Å². The predicted octanol–water partition coefficient (Wildman–Crippen LogP) is 2.02. The molecule has 0 amide bonds. The molecule has 0 bridgehead atoms. The van der Waals surface area contributed by atoms with Gasteiger partial charge in [-0.05, 0) is 37.5 Å². The van der Waals surface area contributed by atoms with Crippen LogP contribution in [0.5, 0.6) is 0 Å². The maximum atomic E-state index is 11.6. The van der Waals surface area contributed by atoms with Gasteiger partial charge >= 0.3 is 5.97 Å². The number of carbonyl (C=O) groups is 1. The van der Waals surface area contributed by atoms with Gasteiger partial charge in [0.15, 0.2) is 0 Å². The lowest BCUT2D eigenvalue weighted by molar-refractivity contribution is -0.149. The maximum Gasteiger partial charge on any atom is 0.311 e. The summed E-state index contributed by atoms with van der Waals surface area (Å²) in [6, 6.07) is 0. The Labute approximate surface area is 120 Å². The predicted molar refractivity (Wildman–Crippen MR) is 74.6 cm³/mol. The number of nitrogens with zero attached hydrogens (tertiary/aromatic N) is 1. The van der Waals surface area contributed by atoms with E-state index < -0.39 is 11.4 Å². The van der Waals surface area contributed by atoms with Crippen LogP contribution in [0.3, 0.4) is 0 Å². The number of likely N-dealkylation sites (tertiary alicyclic amines) is 1. The Morgan fingerprint density at radius 2 is 2.05 bits per heavy atom. The number of hydrogen-bond acceptors (Lipinski definition) is 3.